The number of nitrogens with zero attached hydrogens (tertiary/aromatic N) is 1. The number of hydrogen-bond acceptors (Lipinski definition) is 2. The van der Waals surface area contributed by atoms with E-state index in [1.54, 1.807) is 2.95 Å². The standard InChI is InChI=1S/C12H8Br4N2/c13-11-9(7-1-3-8(17)4-2-7)5-6-10(12(11)14)18(15)16/h1-6H,17H2. The molecule has 0 radical (unpaired) electrons. The van der Waals surface area contributed by atoms with Gasteiger partial charge in [-0.2, -0.15) is 0 Å². The molecule has 0 saturated carbocycles. The van der Waals surface area contributed by atoms with Crippen LogP contribution in [0.25, 0.3) is 11.1 Å². The fourth-order valence-electron chi connectivity index (χ4n) is 1.56. The second kappa shape index (κ2) is 5.94. The molecule has 0 atom stereocenters. The number of rotatable bonds is 2. The van der Waals surface area contributed by atoms with Crippen LogP contribution in [0.1, 0.15) is 0 Å². The largest absolute Gasteiger partial charge is 0.399 e. The van der Waals surface area contributed by atoms with Crippen LogP contribution < -0.4 is 8.69 Å². The summed E-state index contributed by atoms with van der Waals surface area (Å²) in [6.07, 6.45) is 0. The van der Waals surface area contributed by atoms with E-state index in [1.165, 1.54) is 0 Å². The molecule has 0 aromatic heterocycles. The molecule has 0 aliphatic heterocycles. The third kappa shape index (κ3) is 2.92. The zero-order chi connectivity index (χ0) is 13.3. The number of nitrogens with two attached hydrogens (primary N) is 1. The number of benzene rings is 2. The van der Waals surface area contributed by atoms with Crippen LogP contribution in [0.15, 0.2) is 45.3 Å². The SMILES string of the molecule is Nc1ccc(-c2ccc(N(Br)Br)c(Br)c2Br)cc1. The van der Waals surface area contributed by atoms with E-state index >= 15 is 0 Å². The lowest BCUT2D eigenvalue weighted by Gasteiger charge is -2.14. The van der Waals surface area contributed by atoms with Crippen LogP contribution in [0.3, 0.4) is 0 Å². The van der Waals surface area contributed by atoms with Gasteiger partial charge in [-0.25, -0.2) is 2.95 Å². The molecule has 18 heavy (non-hydrogen) atoms. The molecule has 0 amide bonds. The maximum Gasteiger partial charge on any atom is 0.0749 e. The minimum absolute atomic E-state index is 0.762. The van der Waals surface area contributed by atoms with E-state index in [1.807, 2.05) is 36.4 Å². The smallest absolute Gasteiger partial charge is 0.0749 e. The Hall–Kier alpha value is -0.0400. The lowest BCUT2D eigenvalue weighted by atomic mass is 10.1. The van der Waals surface area contributed by atoms with E-state index in [-0.39, 0.29) is 0 Å². The van der Waals surface area contributed by atoms with Gasteiger partial charge in [0.1, 0.15) is 0 Å². The van der Waals surface area contributed by atoms with E-state index in [2.05, 4.69) is 64.2 Å². The van der Waals surface area contributed by atoms with Gasteiger partial charge in [-0.1, -0.05) is 18.2 Å². The van der Waals surface area contributed by atoms with Gasteiger partial charge in [0.25, 0.3) is 0 Å². The van der Waals surface area contributed by atoms with Crippen molar-refractivity contribution in [2.75, 3.05) is 8.69 Å². The first-order chi connectivity index (χ1) is 8.50. The van der Waals surface area contributed by atoms with Crippen molar-refractivity contribution in [3.63, 3.8) is 0 Å². The molecule has 2 aromatic rings. The van der Waals surface area contributed by atoms with Crippen LogP contribution in [0.5, 0.6) is 0 Å². The summed E-state index contributed by atoms with van der Waals surface area (Å²) in [5.41, 5.74) is 9.65. The van der Waals surface area contributed by atoms with Crippen LogP contribution in [0.2, 0.25) is 0 Å². The van der Waals surface area contributed by atoms with E-state index in [9.17, 15) is 0 Å². The number of halogens is 4. The van der Waals surface area contributed by atoms with Crippen LogP contribution in [0, 0.1) is 0 Å². The van der Waals surface area contributed by atoms with Crippen LogP contribution in [-0.4, -0.2) is 0 Å². The molecule has 0 aliphatic carbocycles. The Bertz CT molecular complexity index is 567. The zero-order valence-electron chi connectivity index (χ0n) is 9.00. The maximum absolute atomic E-state index is 5.70. The molecule has 0 aliphatic rings. The minimum atomic E-state index is 0.762. The Kier molecular flexibility index (Phi) is 4.75. The molecule has 0 fully saturated rings. The molecule has 2 aromatic carbocycles. The molecule has 0 bridgehead atoms. The van der Waals surface area contributed by atoms with E-state index in [0.717, 1.165) is 31.4 Å². The lowest BCUT2D eigenvalue weighted by Crippen LogP contribution is -1.93. The topological polar surface area (TPSA) is 29.3 Å². The summed E-state index contributed by atoms with van der Waals surface area (Å²) in [4.78, 5) is 0. The molecule has 2 rings (SSSR count). The Labute approximate surface area is 139 Å². The predicted octanol–water partition coefficient (Wildman–Crippen LogP) is 5.89. The van der Waals surface area contributed by atoms with E-state index in [4.69, 9.17) is 5.73 Å². The first-order valence-electron chi connectivity index (χ1n) is 4.96. The van der Waals surface area contributed by atoms with Gasteiger partial charge in [0.05, 0.1) is 42.5 Å². The Morgan fingerprint density at radius 2 is 1.44 bits per heavy atom. The summed E-state index contributed by atoms with van der Waals surface area (Å²) in [6, 6.07) is 11.8. The molecule has 0 unspecified atom stereocenters. The average molecular weight is 500 g/mol. The summed E-state index contributed by atoms with van der Waals surface area (Å²) in [7, 11) is 0. The fraction of sp³-hybridized carbons (Fsp3) is 0. The lowest BCUT2D eigenvalue weighted by molar-refractivity contribution is 1.52. The highest BCUT2D eigenvalue weighted by Crippen LogP contribution is 2.42. The van der Waals surface area contributed by atoms with Crippen molar-refractivity contribution in [2.24, 2.45) is 0 Å². The summed E-state index contributed by atoms with van der Waals surface area (Å²) >= 11 is 13.9. The quantitative estimate of drug-likeness (QED) is 0.412. The number of anilines is 2. The molecule has 0 heterocycles. The summed E-state index contributed by atoms with van der Waals surface area (Å²) in [5, 5.41) is 0. The van der Waals surface area contributed by atoms with Crippen molar-refractivity contribution in [3.8, 4) is 11.1 Å². The molecule has 0 spiro atoms. The first-order valence-corrected chi connectivity index (χ1v) is 7.96. The van der Waals surface area contributed by atoms with Gasteiger partial charge < -0.3 is 5.73 Å². The van der Waals surface area contributed by atoms with Crippen LogP contribution >= 0.6 is 64.2 Å². The monoisotopic (exact) mass is 496 g/mol. The second-order valence-electron chi connectivity index (χ2n) is 3.62. The van der Waals surface area contributed by atoms with Gasteiger partial charge in [-0.05, 0) is 61.2 Å². The summed E-state index contributed by atoms with van der Waals surface area (Å²) < 4.78 is 3.65. The normalized spacial score (nSPS) is 10.4. The van der Waals surface area contributed by atoms with Crippen molar-refractivity contribution in [3.05, 3.63) is 45.3 Å². The van der Waals surface area contributed by atoms with Crippen molar-refractivity contribution >= 4 is 75.5 Å². The Morgan fingerprint density at radius 1 is 0.833 bits per heavy atom. The number of nitrogen functional groups attached to an aromatic ring is 1. The second-order valence-corrected chi connectivity index (χ2v) is 7.57. The van der Waals surface area contributed by atoms with Crippen molar-refractivity contribution < 1.29 is 0 Å². The predicted molar refractivity (Wildman–Crippen MR) is 92.0 cm³/mol. The van der Waals surface area contributed by atoms with Gasteiger partial charge in [-0.15, -0.1) is 0 Å². The van der Waals surface area contributed by atoms with Crippen molar-refractivity contribution in [1.29, 1.82) is 0 Å². The van der Waals surface area contributed by atoms with E-state index < -0.39 is 0 Å². The highest BCUT2D eigenvalue weighted by Gasteiger charge is 2.13. The highest BCUT2D eigenvalue weighted by atomic mass is 79.9. The third-order valence-corrected chi connectivity index (χ3v) is 5.39. The van der Waals surface area contributed by atoms with Gasteiger partial charge in [0.2, 0.25) is 0 Å². The molecule has 2 nitrogen and oxygen atoms in total. The zero-order valence-corrected chi connectivity index (χ0v) is 15.3. The number of hydrogen-bond donors (Lipinski definition) is 1. The summed E-state index contributed by atoms with van der Waals surface area (Å²) in [6.45, 7) is 0. The molecule has 6 heteroatoms. The maximum atomic E-state index is 5.70. The molecular weight excluding hydrogens is 492 g/mol. The van der Waals surface area contributed by atoms with Crippen LogP contribution in [0.4, 0.5) is 11.4 Å². The van der Waals surface area contributed by atoms with Crippen LogP contribution in [-0.2, 0) is 0 Å². The fourth-order valence-corrected chi connectivity index (χ4v) is 3.71. The molecular formula is C12H8Br4N2. The van der Waals surface area contributed by atoms with Gasteiger partial charge in [-0.3, -0.25) is 0 Å². The first kappa shape index (κ1) is 14.4. The Morgan fingerprint density at radius 3 is 2.00 bits per heavy atom. The highest BCUT2D eigenvalue weighted by molar-refractivity contribution is 9.25. The molecule has 2 N–H and O–H groups in total. The average Bonchev–Trinajstić information content (AvgIpc) is 2.33. The Balaban J connectivity index is 2.53. The summed E-state index contributed by atoms with van der Waals surface area (Å²) in [5.74, 6) is 0. The van der Waals surface area contributed by atoms with Crippen molar-refractivity contribution in [2.45, 2.75) is 0 Å². The van der Waals surface area contributed by atoms with Gasteiger partial charge in [0.15, 0.2) is 0 Å². The molecule has 94 valence electrons. The minimum Gasteiger partial charge on any atom is -0.399 e. The van der Waals surface area contributed by atoms with E-state index in [0.29, 0.717) is 0 Å². The third-order valence-electron chi connectivity index (χ3n) is 2.47. The van der Waals surface area contributed by atoms with Gasteiger partial charge >= 0.3 is 0 Å². The van der Waals surface area contributed by atoms with Crippen molar-refractivity contribution in [1.82, 2.24) is 0 Å². The van der Waals surface area contributed by atoms with Gasteiger partial charge in [0, 0.05) is 10.2 Å². The molecule has 0 saturated heterocycles.